The summed E-state index contributed by atoms with van der Waals surface area (Å²) < 4.78 is 39.6. The van der Waals surface area contributed by atoms with Crippen molar-refractivity contribution in [2.45, 2.75) is 49.6 Å². The van der Waals surface area contributed by atoms with Crippen LogP contribution in [0.5, 0.6) is 11.5 Å². The molecule has 240 valence electrons. The van der Waals surface area contributed by atoms with E-state index in [-0.39, 0.29) is 11.7 Å². The van der Waals surface area contributed by atoms with Crippen LogP contribution in [0, 0.1) is 5.41 Å². The molecule has 2 heterocycles. The zero-order chi connectivity index (χ0) is 32.1. The van der Waals surface area contributed by atoms with Gasteiger partial charge in [0.15, 0.2) is 11.5 Å². The summed E-state index contributed by atoms with van der Waals surface area (Å²) in [5.74, 6) is 1.56. The molecule has 2 aliphatic heterocycles. The standard InChI is InChI=1S/C36H39N3O5S2/c1-36(2)18-20-39(21-19-36)30-13-11-29(12-14-30)35(40)37-46(41,42)32-15-8-27(9-16-32)23-38(25-45-31-6-4-3-5-7-31)24-28-10-17-33-34(22-28)44-26-43-33/h3-17,22H,18-21,23-26H2,1-2H3,(H,37,40). The maximum atomic E-state index is 13.1. The summed E-state index contributed by atoms with van der Waals surface area (Å²) in [5, 5.41) is 0. The van der Waals surface area contributed by atoms with Crippen molar-refractivity contribution in [2.75, 3.05) is 30.7 Å². The Bertz CT molecular complexity index is 1750. The first-order chi connectivity index (χ1) is 22.1. The Hall–Kier alpha value is -3.99. The molecule has 0 unspecified atom stereocenters. The molecule has 0 spiro atoms. The lowest BCUT2D eigenvalue weighted by Crippen LogP contribution is -2.37. The van der Waals surface area contributed by atoms with E-state index in [0.717, 1.165) is 60.1 Å². The second-order valence-corrected chi connectivity index (χ2v) is 15.2. The predicted molar refractivity (Wildman–Crippen MR) is 182 cm³/mol. The van der Waals surface area contributed by atoms with Crippen LogP contribution in [0.1, 0.15) is 48.2 Å². The van der Waals surface area contributed by atoms with Gasteiger partial charge in [0.25, 0.3) is 15.9 Å². The fraction of sp³-hybridized carbons (Fsp3) is 0.306. The highest BCUT2D eigenvalue weighted by atomic mass is 32.2. The zero-order valence-electron chi connectivity index (χ0n) is 26.1. The minimum Gasteiger partial charge on any atom is -0.454 e. The minimum absolute atomic E-state index is 0.0399. The van der Waals surface area contributed by atoms with E-state index in [2.05, 4.69) is 40.5 Å². The van der Waals surface area contributed by atoms with Gasteiger partial charge in [-0.2, -0.15) is 0 Å². The summed E-state index contributed by atoms with van der Waals surface area (Å²) in [6.07, 6.45) is 2.22. The van der Waals surface area contributed by atoms with Crippen LogP contribution in [0.3, 0.4) is 0 Å². The van der Waals surface area contributed by atoms with Gasteiger partial charge >= 0.3 is 0 Å². The largest absolute Gasteiger partial charge is 0.454 e. The highest BCUT2D eigenvalue weighted by Crippen LogP contribution is 2.34. The van der Waals surface area contributed by atoms with Crippen LogP contribution in [0.2, 0.25) is 0 Å². The molecule has 4 aromatic rings. The molecular weight excluding hydrogens is 619 g/mol. The third-order valence-corrected chi connectivity index (χ3v) is 10.9. The number of hydrogen-bond acceptors (Lipinski definition) is 8. The van der Waals surface area contributed by atoms with E-state index in [1.165, 1.54) is 4.90 Å². The minimum atomic E-state index is -4.05. The van der Waals surface area contributed by atoms with E-state index in [0.29, 0.717) is 24.1 Å². The molecular formula is C36H39N3O5S2. The molecule has 6 rings (SSSR count). The van der Waals surface area contributed by atoms with Crippen molar-refractivity contribution < 1.29 is 22.7 Å². The lowest BCUT2D eigenvalue weighted by molar-refractivity contribution is 0.0981. The van der Waals surface area contributed by atoms with E-state index in [1.54, 1.807) is 48.2 Å². The maximum Gasteiger partial charge on any atom is 0.264 e. The SMILES string of the molecule is CC1(C)CCN(c2ccc(C(=O)NS(=O)(=O)c3ccc(CN(CSc4ccccc4)Cc4ccc5c(c4)OCO5)cc3)cc2)CC1. The summed E-state index contributed by atoms with van der Waals surface area (Å²) >= 11 is 1.74. The maximum absolute atomic E-state index is 13.1. The number of carbonyl (C=O) groups excluding carboxylic acids is 1. The van der Waals surface area contributed by atoms with Gasteiger partial charge in [-0.05, 0) is 90.0 Å². The number of nitrogens with one attached hydrogen (secondary N) is 1. The van der Waals surface area contributed by atoms with Crippen molar-refractivity contribution in [3.8, 4) is 11.5 Å². The van der Waals surface area contributed by atoms with E-state index in [4.69, 9.17) is 9.47 Å². The number of fused-ring (bicyclic) bond motifs is 1. The van der Waals surface area contributed by atoms with Gasteiger partial charge in [0.05, 0.1) is 4.90 Å². The van der Waals surface area contributed by atoms with E-state index < -0.39 is 15.9 Å². The summed E-state index contributed by atoms with van der Waals surface area (Å²) in [6.45, 7) is 8.00. The van der Waals surface area contributed by atoms with E-state index in [1.807, 2.05) is 48.5 Å². The Morgan fingerprint density at radius 1 is 0.848 bits per heavy atom. The van der Waals surface area contributed by atoms with Gasteiger partial charge in [0, 0.05) is 48.2 Å². The first-order valence-corrected chi connectivity index (χ1v) is 17.9. The summed E-state index contributed by atoms with van der Waals surface area (Å²) in [4.78, 5) is 18.7. The molecule has 46 heavy (non-hydrogen) atoms. The van der Waals surface area contributed by atoms with Crippen LogP contribution < -0.4 is 19.1 Å². The lowest BCUT2D eigenvalue weighted by atomic mass is 9.82. The number of piperidine rings is 1. The summed E-state index contributed by atoms with van der Waals surface area (Å²) in [6, 6.07) is 30.0. The number of sulfonamides is 1. The average Bonchev–Trinajstić information content (AvgIpc) is 3.52. The number of hydrogen-bond donors (Lipinski definition) is 1. The van der Waals surface area contributed by atoms with Gasteiger partial charge in [0.1, 0.15) is 0 Å². The number of rotatable bonds is 11. The van der Waals surface area contributed by atoms with E-state index in [9.17, 15) is 13.2 Å². The van der Waals surface area contributed by atoms with Gasteiger partial charge in [0.2, 0.25) is 6.79 Å². The highest BCUT2D eigenvalue weighted by Gasteiger charge is 2.26. The molecule has 1 fully saturated rings. The molecule has 0 bridgehead atoms. The zero-order valence-corrected chi connectivity index (χ0v) is 27.8. The Labute approximate surface area is 275 Å². The molecule has 0 radical (unpaired) electrons. The summed E-state index contributed by atoms with van der Waals surface area (Å²) in [5.41, 5.74) is 3.73. The Kier molecular flexibility index (Phi) is 9.58. The number of ether oxygens (including phenoxy) is 2. The monoisotopic (exact) mass is 657 g/mol. The van der Waals surface area contributed by atoms with Crippen LogP contribution in [0.15, 0.2) is 107 Å². The quantitative estimate of drug-likeness (QED) is 0.138. The molecule has 1 N–H and O–H groups in total. The number of amides is 1. The number of anilines is 1. The van der Waals surface area contributed by atoms with Crippen molar-refractivity contribution in [3.63, 3.8) is 0 Å². The third-order valence-electron chi connectivity index (χ3n) is 8.48. The van der Waals surface area contributed by atoms with Crippen molar-refractivity contribution >= 4 is 33.4 Å². The second-order valence-electron chi connectivity index (χ2n) is 12.5. The van der Waals surface area contributed by atoms with Crippen LogP contribution >= 0.6 is 11.8 Å². The van der Waals surface area contributed by atoms with Gasteiger partial charge in [-0.1, -0.05) is 50.2 Å². The first kappa shape index (κ1) is 32.0. The second kappa shape index (κ2) is 13.8. The van der Waals surface area contributed by atoms with Crippen molar-refractivity contribution in [2.24, 2.45) is 5.41 Å². The molecule has 2 aliphatic rings. The first-order valence-electron chi connectivity index (χ1n) is 15.4. The van der Waals surface area contributed by atoms with Crippen LogP contribution in [0.4, 0.5) is 5.69 Å². The Morgan fingerprint density at radius 2 is 1.50 bits per heavy atom. The average molecular weight is 658 g/mol. The van der Waals surface area contributed by atoms with Crippen LogP contribution in [0.25, 0.3) is 0 Å². The van der Waals surface area contributed by atoms with Gasteiger partial charge < -0.3 is 14.4 Å². The molecule has 10 heteroatoms. The molecule has 0 aromatic heterocycles. The fourth-order valence-electron chi connectivity index (χ4n) is 5.59. The molecule has 0 aliphatic carbocycles. The Morgan fingerprint density at radius 3 is 2.22 bits per heavy atom. The number of nitrogens with zero attached hydrogens (tertiary/aromatic N) is 2. The van der Waals surface area contributed by atoms with Crippen LogP contribution in [-0.2, 0) is 23.1 Å². The Balaban J connectivity index is 1.09. The molecule has 1 amide bonds. The summed E-state index contributed by atoms with van der Waals surface area (Å²) in [7, 11) is -4.05. The van der Waals surface area contributed by atoms with Crippen molar-refractivity contribution in [1.29, 1.82) is 0 Å². The molecule has 8 nitrogen and oxygen atoms in total. The molecule has 0 saturated carbocycles. The number of thioether (sulfide) groups is 1. The normalized spacial score (nSPS) is 15.6. The fourth-order valence-corrected chi connectivity index (χ4v) is 7.43. The molecule has 1 saturated heterocycles. The smallest absolute Gasteiger partial charge is 0.264 e. The topological polar surface area (TPSA) is 88.2 Å². The predicted octanol–water partition coefficient (Wildman–Crippen LogP) is 6.91. The van der Waals surface area contributed by atoms with Gasteiger partial charge in [-0.25, -0.2) is 13.1 Å². The number of benzene rings is 4. The third kappa shape index (κ3) is 8.04. The van der Waals surface area contributed by atoms with Crippen LogP contribution in [-0.4, -0.2) is 45.0 Å². The number of carbonyl (C=O) groups is 1. The van der Waals surface area contributed by atoms with Crippen molar-refractivity contribution in [1.82, 2.24) is 9.62 Å². The lowest BCUT2D eigenvalue weighted by Gasteiger charge is -2.38. The molecule has 0 atom stereocenters. The van der Waals surface area contributed by atoms with Crippen molar-refractivity contribution in [3.05, 3.63) is 114 Å². The van der Waals surface area contributed by atoms with Gasteiger partial charge in [-0.3, -0.25) is 9.69 Å². The molecule has 4 aromatic carbocycles. The van der Waals surface area contributed by atoms with Gasteiger partial charge in [-0.15, -0.1) is 11.8 Å². The van der Waals surface area contributed by atoms with E-state index >= 15 is 0 Å². The highest BCUT2D eigenvalue weighted by molar-refractivity contribution is 7.99.